The summed E-state index contributed by atoms with van der Waals surface area (Å²) in [5.41, 5.74) is 2.81. The molecular weight excluding hydrogens is 499 g/mol. The van der Waals surface area contributed by atoms with Crippen molar-refractivity contribution in [2.45, 2.75) is 24.7 Å². The van der Waals surface area contributed by atoms with Gasteiger partial charge in [-0.1, -0.05) is 79.5 Å². The van der Waals surface area contributed by atoms with Crippen LogP contribution < -0.4 is 4.72 Å². The van der Waals surface area contributed by atoms with Gasteiger partial charge in [-0.05, 0) is 59.5 Å². The number of halogens is 2. The van der Waals surface area contributed by atoms with Crippen LogP contribution in [0, 0.1) is 5.41 Å². The Bertz CT molecular complexity index is 1180. The number of hydrogen-bond acceptors (Lipinski definition) is 4. The summed E-state index contributed by atoms with van der Waals surface area (Å²) in [6.45, 7) is 5.10. The van der Waals surface area contributed by atoms with Crippen molar-refractivity contribution in [1.29, 1.82) is 0 Å². The number of aliphatic hydroxyl groups excluding tert-OH is 1. The summed E-state index contributed by atoms with van der Waals surface area (Å²) in [4.78, 5) is 5.85. The SMILES string of the molecule is CC(C)(CO)CN=C(NSc1ccc(Cl)cc1)N1CC(c2ccccc2)C(c2ccc(Cl)cc2)=N1. The Morgan fingerprint density at radius 3 is 2.29 bits per heavy atom. The second-order valence-electron chi connectivity index (χ2n) is 9.16. The third-order valence-corrected chi connectivity index (χ3v) is 6.96. The Morgan fingerprint density at radius 1 is 1.03 bits per heavy atom. The summed E-state index contributed by atoms with van der Waals surface area (Å²) >= 11 is 13.6. The van der Waals surface area contributed by atoms with Gasteiger partial charge >= 0.3 is 0 Å². The summed E-state index contributed by atoms with van der Waals surface area (Å²) in [6, 6.07) is 25.8. The van der Waals surface area contributed by atoms with E-state index in [1.54, 1.807) is 0 Å². The zero-order valence-electron chi connectivity index (χ0n) is 19.7. The molecule has 182 valence electrons. The number of nitrogens with zero attached hydrogens (tertiary/aromatic N) is 3. The van der Waals surface area contributed by atoms with Crippen LogP contribution in [-0.4, -0.2) is 41.5 Å². The average molecular weight is 528 g/mol. The number of nitrogens with one attached hydrogen (secondary N) is 1. The van der Waals surface area contributed by atoms with Crippen molar-refractivity contribution in [2.75, 3.05) is 19.7 Å². The number of benzene rings is 3. The standard InChI is InChI=1S/C27H28Cl2N4OS/c1-27(2,18-34)17-30-26(32-35-23-14-12-22(29)13-15-23)33-16-24(19-6-4-3-5-7-19)25(31-33)20-8-10-21(28)11-9-20/h3-15,24,34H,16-18H2,1-2H3,(H,30,32). The summed E-state index contributed by atoms with van der Waals surface area (Å²) in [5.74, 6) is 0.701. The predicted molar refractivity (Wildman–Crippen MR) is 147 cm³/mol. The van der Waals surface area contributed by atoms with Crippen molar-refractivity contribution in [2.24, 2.45) is 15.5 Å². The van der Waals surface area contributed by atoms with Gasteiger partial charge in [0.05, 0.1) is 18.8 Å². The van der Waals surface area contributed by atoms with E-state index in [0.717, 1.165) is 16.2 Å². The van der Waals surface area contributed by atoms with E-state index in [-0.39, 0.29) is 17.9 Å². The molecule has 3 aromatic rings. The van der Waals surface area contributed by atoms with Crippen molar-refractivity contribution in [3.05, 3.63) is 100 Å². The van der Waals surface area contributed by atoms with Crippen LogP contribution in [0.1, 0.15) is 30.9 Å². The summed E-state index contributed by atoms with van der Waals surface area (Å²) in [5, 5.41) is 18.1. The maximum atomic E-state index is 9.75. The van der Waals surface area contributed by atoms with Crippen LogP contribution >= 0.6 is 35.1 Å². The molecule has 4 rings (SSSR count). The molecule has 1 aliphatic rings. The lowest BCUT2D eigenvalue weighted by molar-refractivity contribution is 0.167. The Labute approximate surface area is 221 Å². The van der Waals surface area contributed by atoms with Gasteiger partial charge in [0.1, 0.15) is 0 Å². The molecule has 0 bridgehead atoms. The fourth-order valence-corrected chi connectivity index (χ4v) is 4.48. The minimum absolute atomic E-state index is 0.0417. The molecule has 2 N–H and O–H groups in total. The fourth-order valence-electron chi connectivity index (χ4n) is 3.57. The second-order valence-corrected chi connectivity index (χ2v) is 10.9. The van der Waals surface area contributed by atoms with Crippen LogP contribution in [0.5, 0.6) is 0 Å². The number of rotatable bonds is 7. The van der Waals surface area contributed by atoms with Gasteiger partial charge in [-0.25, -0.2) is 5.01 Å². The number of hydrogen-bond donors (Lipinski definition) is 2. The topological polar surface area (TPSA) is 60.2 Å². The molecule has 0 aliphatic carbocycles. The Balaban J connectivity index is 1.66. The van der Waals surface area contributed by atoms with Gasteiger partial charge in [-0.3, -0.25) is 9.71 Å². The van der Waals surface area contributed by atoms with Gasteiger partial charge in [0.15, 0.2) is 0 Å². The third-order valence-electron chi connectivity index (χ3n) is 5.66. The van der Waals surface area contributed by atoms with Crippen LogP contribution in [0.15, 0.2) is 93.9 Å². The highest BCUT2D eigenvalue weighted by molar-refractivity contribution is 7.98. The van der Waals surface area contributed by atoms with Gasteiger partial charge in [0.25, 0.3) is 0 Å². The number of aliphatic imine (C=N–C) groups is 1. The maximum absolute atomic E-state index is 9.75. The quantitative estimate of drug-likeness (QED) is 0.210. The normalized spacial score (nSPS) is 16.4. The molecule has 8 heteroatoms. The molecule has 3 aromatic carbocycles. The summed E-state index contributed by atoms with van der Waals surface area (Å²) in [7, 11) is 0. The van der Waals surface area contributed by atoms with Crippen molar-refractivity contribution >= 4 is 46.8 Å². The highest BCUT2D eigenvalue weighted by Crippen LogP contribution is 2.30. The molecule has 1 unspecified atom stereocenters. The van der Waals surface area contributed by atoms with Gasteiger partial charge in [0, 0.05) is 32.9 Å². The number of guanidine groups is 1. The van der Waals surface area contributed by atoms with Gasteiger partial charge in [-0.2, -0.15) is 5.10 Å². The van der Waals surface area contributed by atoms with Crippen molar-refractivity contribution < 1.29 is 5.11 Å². The number of hydrazone groups is 1. The van der Waals surface area contributed by atoms with Crippen molar-refractivity contribution in [1.82, 2.24) is 9.73 Å². The first-order chi connectivity index (χ1) is 16.8. The molecule has 1 heterocycles. The molecule has 0 saturated heterocycles. The van der Waals surface area contributed by atoms with Crippen molar-refractivity contribution in [3.8, 4) is 0 Å². The molecule has 5 nitrogen and oxygen atoms in total. The maximum Gasteiger partial charge on any atom is 0.225 e. The van der Waals surface area contributed by atoms with Crippen LogP contribution in [0.25, 0.3) is 0 Å². The molecule has 1 aliphatic heterocycles. The van der Waals surface area contributed by atoms with E-state index in [2.05, 4.69) is 16.9 Å². The molecule has 0 fully saturated rings. The Morgan fingerprint density at radius 2 is 1.66 bits per heavy atom. The van der Waals surface area contributed by atoms with E-state index in [1.165, 1.54) is 17.5 Å². The zero-order valence-corrected chi connectivity index (χ0v) is 22.0. The Hall–Kier alpha value is -2.51. The van der Waals surface area contributed by atoms with Gasteiger partial charge in [0.2, 0.25) is 5.96 Å². The summed E-state index contributed by atoms with van der Waals surface area (Å²) in [6.07, 6.45) is 0. The smallest absolute Gasteiger partial charge is 0.225 e. The lowest BCUT2D eigenvalue weighted by atomic mass is 9.91. The summed E-state index contributed by atoms with van der Waals surface area (Å²) < 4.78 is 3.39. The monoisotopic (exact) mass is 526 g/mol. The molecule has 0 spiro atoms. The highest BCUT2D eigenvalue weighted by atomic mass is 35.5. The number of aliphatic hydroxyl groups is 1. The van der Waals surface area contributed by atoms with Crippen LogP contribution in [-0.2, 0) is 0 Å². The predicted octanol–water partition coefficient (Wildman–Crippen LogP) is 6.47. The molecule has 0 saturated carbocycles. The van der Waals surface area contributed by atoms with Gasteiger partial charge < -0.3 is 5.11 Å². The average Bonchev–Trinajstić information content (AvgIpc) is 3.31. The van der Waals surface area contributed by atoms with E-state index in [0.29, 0.717) is 29.1 Å². The van der Waals surface area contributed by atoms with Crippen LogP contribution in [0.3, 0.4) is 0 Å². The minimum atomic E-state index is -0.348. The largest absolute Gasteiger partial charge is 0.396 e. The first-order valence-electron chi connectivity index (χ1n) is 11.4. The lowest BCUT2D eigenvalue weighted by Crippen LogP contribution is -2.36. The van der Waals surface area contributed by atoms with E-state index in [4.69, 9.17) is 33.3 Å². The van der Waals surface area contributed by atoms with E-state index < -0.39 is 0 Å². The Kier molecular flexibility index (Phi) is 8.39. The van der Waals surface area contributed by atoms with Crippen LogP contribution in [0.2, 0.25) is 10.0 Å². The van der Waals surface area contributed by atoms with Gasteiger partial charge in [-0.15, -0.1) is 0 Å². The molecule has 0 amide bonds. The van der Waals surface area contributed by atoms with E-state index in [9.17, 15) is 5.11 Å². The second kappa shape index (κ2) is 11.5. The minimum Gasteiger partial charge on any atom is -0.396 e. The van der Waals surface area contributed by atoms with Crippen LogP contribution in [0.4, 0.5) is 0 Å². The van der Waals surface area contributed by atoms with E-state index in [1.807, 2.05) is 85.6 Å². The molecule has 1 atom stereocenters. The third kappa shape index (κ3) is 6.79. The molecule has 0 radical (unpaired) electrons. The molecule has 35 heavy (non-hydrogen) atoms. The van der Waals surface area contributed by atoms with E-state index >= 15 is 0 Å². The first-order valence-corrected chi connectivity index (χ1v) is 12.9. The zero-order chi connectivity index (χ0) is 24.8. The molecular formula is C27H28Cl2N4OS. The first kappa shape index (κ1) is 25.6. The highest BCUT2D eigenvalue weighted by Gasteiger charge is 2.32. The molecule has 0 aromatic heterocycles. The van der Waals surface area contributed by atoms with Crippen molar-refractivity contribution in [3.63, 3.8) is 0 Å². The lowest BCUT2D eigenvalue weighted by Gasteiger charge is -2.23. The fraction of sp³-hybridized carbons (Fsp3) is 0.259.